The van der Waals surface area contributed by atoms with Crippen LogP contribution in [0.15, 0.2) is 54.0 Å². The summed E-state index contributed by atoms with van der Waals surface area (Å²) in [4.78, 5) is 11.2. The van der Waals surface area contributed by atoms with Gasteiger partial charge in [0.25, 0.3) is 0 Å². The molecule has 2 unspecified atom stereocenters. The molecule has 1 aliphatic rings. The number of nitrogens with zero attached hydrogens (tertiary/aromatic N) is 4. The molecule has 0 aliphatic carbocycles. The van der Waals surface area contributed by atoms with Crippen LogP contribution in [-0.4, -0.2) is 47.1 Å². The number of piperidine rings is 1. The van der Waals surface area contributed by atoms with Gasteiger partial charge >= 0.3 is 0 Å². The molecule has 0 amide bonds. The predicted octanol–water partition coefficient (Wildman–Crippen LogP) is 4.23. The average molecular weight is 495 g/mol. The minimum absolute atomic E-state index is 0. The van der Waals surface area contributed by atoms with Crippen LogP contribution in [0.5, 0.6) is 0 Å². The number of nitrogens with one attached hydrogen (secondary N) is 1. The third kappa shape index (κ3) is 5.96. The number of halogens is 1. The molecule has 1 fully saturated rings. The summed E-state index contributed by atoms with van der Waals surface area (Å²) in [5.41, 5.74) is 1.54. The molecule has 28 heavy (non-hydrogen) atoms. The molecule has 0 radical (unpaired) electrons. The van der Waals surface area contributed by atoms with Crippen LogP contribution in [0, 0.1) is 11.3 Å². The van der Waals surface area contributed by atoms with Crippen molar-refractivity contribution in [1.29, 1.82) is 0 Å². The molecule has 0 bridgehead atoms. The van der Waals surface area contributed by atoms with E-state index in [9.17, 15) is 0 Å². The Hall–Kier alpha value is -1.57. The minimum atomic E-state index is 0. The molecule has 6 heteroatoms. The summed E-state index contributed by atoms with van der Waals surface area (Å²) in [7, 11) is 1.89. The minimum Gasteiger partial charge on any atom is -0.356 e. The van der Waals surface area contributed by atoms with E-state index in [1.54, 1.807) is 0 Å². The van der Waals surface area contributed by atoms with Gasteiger partial charge in [-0.3, -0.25) is 4.99 Å². The van der Waals surface area contributed by atoms with Crippen LogP contribution in [0.4, 0.5) is 0 Å². The third-order valence-electron chi connectivity index (χ3n) is 5.59. The molecule has 1 aliphatic heterocycles. The van der Waals surface area contributed by atoms with E-state index in [-0.39, 0.29) is 29.4 Å². The van der Waals surface area contributed by atoms with Crippen LogP contribution < -0.4 is 5.32 Å². The molecule has 2 heterocycles. The maximum absolute atomic E-state index is 4.57. The average Bonchev–Trinajstić information content (AvgIpc) is 3.18. The van der Waals surface area contributed by atoms with Crippen LogP contribution in [0.25, 0.3) is 0 Å². The molecule has 1 saturated heterocycles. The lowest BCUT2D eigenvalue weighted by atomic mass is 9.85. The van der Waals surface area contributed by atoms with E-state index in [2.05, 4.69) is 82.1 Å². The standard InChI is InChI=1S/C22H33N5.HI/c1-18-10-12-26(15-20(18)27-13-11-24-17-27)21(23-4)25-16-22(2,3)14-19-8-6-5-7-9-19;/h5-9,11,13,17-18,20H,10,12,14-16H2,1-4H3,(H,23,25);1H. The Morgan fingerprint density at radius 1 is 1.29 bits per heavy atom. The first-order chi connectivity index (χ1) is 13.0. The van der Waals surface area contributed by atoms with Crippen molar-refractivity contribution in [3.8, 4) is 0 Å². The van der Waals surface area contributed by atoms with Crippen LogP contribution in [-0.2, 0) is 6.42 Å². The van der Waals surface area contributed by atoms with E-state index in [0.717, 1.165) is 38.4 Å². The quantitative estimate of drug-likeness (QED) is 0.384. The van der Waals surface area contributed by atoms with Crippen molar-refractivity contribution in [2.45, 2.75) is 39.7 Å². The molecule has 3 rings (SSSR count). The second-order valence-corrected chi connectivity index (χ2v) is 8.52. The van der Waals surface area contributed by atoms with Gasteiger partial charge in [0.1, 0.15) is 0 Å². The number of imidazole rings is 1. The van der Waals surface area contributed by atoms with E-state index in [1.165, 1.54) is 5.56 Å². The molecule has 1 aromatic heterocycles. The van der Waals surface area contributed by atoms with Gasteiger partial charge in [0.05, 0.1) is 12.4 Å². The largest absolute Gasteiger partial charge is 0.356 e. The molecule has 2 atom stereocenters. The summed E-state index contributed by atoms with van der Waals surface area (Å²) in [6.07, 6.45) is 8.09. The van der Waals surface area contributed by atoms with Gasteiger partial charge < -0.3 is 14.8 Å². The maximum atomic E-state index is 4.57. The molecule has 1 aromatic carbocycles. The first-order valence-corrected chi connectivity index (χ1v) is 9.95. The van der Waals surface area contributed by atoms with E-state index in [1.807, 2.05) is 19.6 Å². The zero-order valence-electron chi connectivity index (χ0n) is 17.5. The van der Waals surface area contributed by atoms with Crippen molar-refractivity contribution < 1.29 is 0 Å². The number of likely N-dealkylation sites (tertiary alicyclic amines) is 1. The van der Waals surface area contributed by atoms with Gasteiger partial charge in [-0.2, -0.15) is 0 Å². The van der Waals surface area contributed by atoms with E-state index < -0.39 is 0 Å². The summed E-state index contributed by atoms with van der Waals surface area (Å²) in [5.74, 6) is 1.65. The molecular formula is C22H34IN5. The molecule has 0 saturated carbocycles. The number of hydrogen-bond donors (Lipinski definition) is 1. The summed E-state index contributed by atoms with van der Waals surface area (Å²) in [6.45, 7) is 9.87. The summed E-state index contributed by atoms with van der Waals surface area (Å²) in [6, 6.07) is 11.2. The Kier molecular flexibility index (Phi) is 8.34. The highest BCUT2D eigenvalue weighted by Crippen LogP contribution is 2.27. The van der Waals surface area contributed by atoms with Crippen molar-refractivity contribution in [3.63, 3.8) is 0 Å². The monoisotopic (exact) mass is 495 g/mol. The zero-order chi connectivity index (χ0) is 19.3. The lowest BCUT2D eigenvalue weighted by molar-refractivity contribution is 0.187. The maximum Gasteiger partial charge on any atom is 0.193 e. The number of benzene rings is 1. The first kappa shape index (κ1) is 22.7. The fourth-order valence-electron chi connectivity index (χ4n) is 3.96. The highest BCUT2D eigenvalue weighted by Gasteiger charge is 2.29. The van der Waals surface area contributed by atoms with Crippen molar-refractivity contribution in [1.82, 2.24) is 19.8 Å². The Balaban J connectivity index is 0.00000280. The normalized spacial score (nSPS) is 20.6. The highest BCUT2D eigenvalue weighted by molar-refractivity contribution is 14.0. The Morgan fingerprint density at radius 3 is 2.68 bits per heavy atom. The van der Waals surface area contributed by atoms with E-state index in [0.29, 0.717) is 12.0 Å². The highest BCUT2D eigenvalue weighted by atomic mass is 127. The number of hydrogen-bond acceptors (Lipinski definition) is 2. The lowest BCUT2D eigenvalue weighted by Gasteiger charge is -2.40. The van der Waals surface area contributed by atoms with Gasteiger partial charge in [-0.1, -0.05) is 51.1 Å². The van der Waals surface area contributed by atoms with E-state index in [4.69, 9.17) is 0 Å². The topological polar surface area (TPSA) is 45.5 Å². The van der Waals surface area contributed by atoms with Crippen molar-refractivity contribution in [2.24, 2.45) is 16.3 Å². The third-order valence-corrected chi connectivity index (χ3v) is 5.59. The molecule has 2 aromatic rings. The summed E-state index contributed by atoms with van der Waals surface area (Å²) < 4.78 is 2.24. The Labute approximate surface area is 186 Å². The van der Waals surface area contributed by atoms with Gasteiger partial charge in [0.15, 0.2) is 5.96 Å². The second-order valence-electron chi connectivity index (χ2n) is 8.52. The molecular weight excluding hydrogens is 461 g/mol. The smallest absolute Gasteiger partial charge is 0.193 e. The summed E-state index contributed by atoms with van der Waals surface area (Å²) >= 11 is 0. The van der Waals surface area contributed by atoms with Crippen LogP contribution in [0.3, 0.4) is 0 Å². The van der Waals surface area contributed by atoms with Crippen molar-refractivity contribution >= 4 is 29.9 Å². The second kappa shape index (κ2) is 10.3. The first-order valence-electron chi connectivity index (χ1n) is 9.95. The van der Waals surface area contributed by atoms with Crippen LogP contribution >= 0.6 is 24.0 Å². The predicted molar refractivity (Wildman–Crippen MR) is 127 cm³/mol. The van der Waals surface area contributed by atoms with Crippen LogP contribution in [0.1, 0.15) is 38.8 Å². The fraction of sp³-hybridized carbons (Fsp3) is 0.545. The molecule has 1 N–H and O–H groups in total. The van der Waals surface area contributed by atoms with Gasteiger partial charge in [0.2, 0.25) is 0 Å². The molecule has 5 nitrogen and oxygen atoms in total. The lowest BCUT2D eigenvalue weighted by Crippen LogP contribution is -2.50. The number of rotatable bonds is 5. The van der Waals surface area contributed by atoms with Gasteiger partial charge in [0, 0.05) is 39.1 Å². The fourth-order valence-corrected chi connectivity index (χ4v) is 3.96. The van der Waals surface area contributed by atoms with Crippen molar-refractivity contribution in [3.05, 3.63) is 54.6 Å². The molecule has 154 valence electrons. The van der Waals surface area contributed by atoms with Crippen molar-refractivity contribution in [2.75, 3.05) is 26.7 Å². The molecule has 0 spiro atoms. The van der Waals surface area contributed by atoms with Gasteiger partial charge in [-0.05, 0) is 29.7 Å². The SMILES string of the molecule is CN=C(NCC(C)(C)Cc1ccccc1)N1CCC(C)C(n2ccnc2)C1.I. The van der Waals surface area contributed by atoms with Gasteiger partial charge in [-0.15, -0.1) is 24.0 Å². The number of guanidine groups is 1. The van der Waals surface area contributed by atoms with Gasteiger partial charge in [-0.25, -0.2) is 4.98 Å². The van der Waals surface area contributed by atoms with Crippen LogP contribution in [0.2, 0.25) is 0 Å². The zero-order valence-corrected chi connectivity index (χ0v) is 19.8. The Bertz CT molecular complexity index is 727. The summed E-state index contributed by atoms with van der Waals surface area (Å²) in [5, 5.41) is 3.63. The van der Waals surface area contributed by atoms with E-state index >= 15 is 0 Å². The Morgan fingerprint density at radius 2 is 2.04 bits per heavy atom. The number of aliphatic imine (C=N–C) groups is 1. The number of aromatic nitrogens is 2.